The van der Waals surface area contributed by atoms with Gasteiger partial charge in [-0.15, -0.1) is 0 Å². The lowest BCUT2D eigenvalue weighted by molar-refractivity contribution is 0.593. The third-order valence-corrected chi connectivity index (χ3v) is 2.92. The van der Waals surface area contributed by atoms with Crippen molar-refractivity contribution in [3.8, 4) is 0 Å². The van der Waals surface area contributed by atoms with Crippen LogP contribution < -0.4 is 10.6 Å². The first-order chi connectivity index (χ1) is 8.67. The minimum absolute atomic E-state index is 0.00939. The summed E-state index contributed by atoms with van der Waals surface area (Å²) in [5.41, 5.74) is 2.45. The zero-order valence-electron chi connectivity index (χ0n) is 12.3. The van der Waals surface area contributed by atoms with Crippen molar-refractivity contribution in [2.45, 2.75) is 43.7 Å². The van der Waals surface area contributed by atoms with Crippen LogP contribution in [0.5, 0.6) is 0 Å². The molecule has 1 aromatic rings. The summed E-state index contributed by atoms with van der Waals surface area (Å²) in [7, 11) is 0. The van der Waals surface area contributed by atoms with Crippen molar-refractivity contribution < 1.29 is 0 Å². The number of hydrogen-bond acceptors (Lipinski definition) is 4. The molecule has 0 spiro atoms. The minimum Gasteiger partial charge on any atom is -0.383 e. The van der Waals surface area contributed by atoms with Gasteiger partial charge in [-0.25, -0.2) is 0 Å². The van der Waals surface area contributed by atoms with Crippen LogP contribution in [0, 0.1) is 0 Å². The van der Waals surface area contributed by atoms with E-state index in [9.17, 15) is 0 Å². The van der Waals surface area contributed by atoms with Gasteiger partial charge < -0.3 is 10.6 Å². The molecule has 0 atom stereocenters. The molecule has 19 heavy (non-hydrogen) atoms. The van der Waals surface area contributed by atoms with E-state index in [1.165, 1.54) is 11.3 Å². The Morgan fingerprint density at radius 3 is 2.11 bits per heavy atom. The molecule has 0 saturated heterocycles. The van der Waals surface area contributed by atoms with Crippen LogP contribution in [0.2, 0.25) is 0 Å². The van der Waals surface area contributed by atoms with Crippen molar-refractivity contribution in [3.63, 3.8) is 0 Å². The minimum atomic E-state index is -0.0202. The first kappa shape index (κ1) is 16.7. The molecule has 1 aromatic carbocycles. The molecule has 0 heterocycles. The van der Waals surface area contributed by atoms with Crippen molar-refractivity contribution in [2.24, 2.45) is 0 Å². The molecule has 0 aromatic heterocycles. The van der Waals surface area contributed by atoms with Crippen LogP contribution >= 0.6 is 25.3 Å². The van der Waals surface area contributed by atoms with E-state index in [2.05, 4.69) is 87.9 Å². The van der Waals surface area contributed by atoms with E-state index in [1.807, 2.05) is 0 Å². The average molecular weight is 299 g/mol. The van der Waals surface area contributed by atoms with Crippen molar-refractivity contribution in [1.29, 1.82) is 0 Å². The van der Waals surface area contributed by atoms with Crippen LogP contribution in [-0.4, -0.2) is 22.6 Å². The van der Waals surface area contributed by atoms with E-state index in [0.29, 0.717) is 0 Å². The first-order valence-electron chi connectivity index (χ1n) is 6.65. The molecule has 2 nitrogen and oxygen atoms in total. The topological polar surface area (TPSA) is 24.1 Å². The SMILES string of the molecule is CC(C)(S)CNCc1ccccc1NCC(C)(C)S. The van der Waals surface area contributed by atoms with Gasteiger partial charge in [0, 0.05) is 34.8 Å². The van der Waals surface area contributed by atoms with E-state index in [-0.39, 0.29) is 9.49 Å². The number of thiol groups is 2. The van der Waals surface area contributed by atoms with Crippen LogP contribution in [-0.2, 0) is 6.54 Å². The zero-order chi connectivity index (χ0) is 14.5. The first-order valence-corrected chi connectivity index (χ1v) is 7.54. The maximum Gasteiger partial charge on any atom is 0.0386 e. The molecule has 2 N–H and O–H groups in total. The van der Waals surface area contributed by atoms with Crippen molar-refractivity contribution >= 4 is 30.9 Å². The van der Waals surface area contributed by atoms with Gasteiger partial charge in [-0.05, 0) is 39.3 Å². The Labute approximate surface area is 128 Å². The van der Waals surface area contributed by atoms with E-state index < -0.39 is 0 Å². The van der Waals surface area contributed by atoms with Gasteiger partial charge in [-0.2, -0.15) is 25.3 Å². The monoisotopic (exact) mass is 298 g/mol. The van der Waals surface area contributed by atoms with Crippen molar-refractivity contribution in [1.82, 2.24) is 5.32 Å². The van der Waals surface area contributed by atoms with Crippen molar-refractivity contribution in [2.75, 3.05) is 18.4 Å². The van der Waals surface area contributed by atoms with Crippen LogP contribution in [0.1, 0.15) is 33.3 Å². The molecule has 108 valence electrons. The molecule has 1 rings (SSSR count). The molecule has 0 unspecified atom stereocenters. The number of anilines is 1. The number of rotatable bonds is 7. The molecule has 4 heteroatoms. The lowest BCUT2D eigenvalue weighted by Gasteiger charge is -2.22. The quantitative estimate of drug-likeness (QED) is 0.578. The summed E-state index contributed by atoms with van der Waals surface area (Å²) in [6, 6.07) is 8.38. The smallest absolute Gasteiger partial charge is 0.0386 e. The summed E-state index contributed by atoms with van der Waals surface area (Å²) in [6.07, 6.45) is 0. The highest BCUT2D eigenvalue weighted by atomic mass is 32.1. The van der Waals surface area contributed by atoms with E-state index >= 15 is 0 Å². The molecule has 0 radical (unpaired) electrons. The third-order valence-electron chi connectivity index (χ3n) is 2.60. The number of nitrogens with one attached hydrogen (secondary N) is 2. The Morgan fingerprint density at radius 1 is 0.947 bits per heavy atom. The van der Waals surface area contributed by atoms with E-state index in [1.54, 1.807) is 0 Å². The Morgan fingerprint density at radius 2 is 1.53 bits per heavy atom. The number of para-hydroxylation sites is 1. The summed E-state index contributed by atoms with van der Waals surface area (Å²) in [4.78, 5) is 0. The standard InChI is InChI=1S/C15H26N2S2/c1-14(2,18)10-16-9-12-7-5-6-8-13(12)17-11-15(3,4)19/h5-8,16-19H,9-11H2,1-4H3. The molecular weight excluding hydrogens is 272 g/mol. The van der Waals surface area contributed by atoms with Gasteiger partial charge in [-0.1, -0.05) is 18.2 Å². The Bertz CT molecular complexity index is 392. The highest BCUT2D eigenvalue weighted by molar-refractivity contribution is 7.82. The molecule has 0 aliphatic rings. The van der Waals surface area contributed by atoms with E-state index in [0.717, 1.165) is 19.6 Å². The summed E-state index contributed by atoms with van der Waals surface area (Å²) in [5, 5.41) is 6.91. The third kappa shape index (κ3) is 7.75. The zero-order valence-corrected chi connectivity index (χ0v) is 14.1. The normalized spacial score (nSPS) is 12.5. The van der Waals surface area contributed by atoms with Crippen LogP contribution in [0.3, 0.4) is 0 Å². The molecule has 0 aliphatic heterocycles. The summed E-state index contributed by atoms with van der Waals surface area (Å²) >= 11 is 9.06. The van der Waals surface area contributed by atoms with E-state index in [4.69, 9.17) is 0 Å². The fourth-order valence-corrected chi connectivity index (χ4v) is 1.85. The van der Waals surface area contributed by atoms with Gasteiger partial charge in [0.1, 0.15) is 0 Å². The largest absolute Gasteiger partial charge is 0.383 e. The van der Waals surface area contributed by atoms with Gasteiger partial charge in [-0.3, -0.25) is 0 Å². The van der Waals surface area contributed by atoms with Gasteiger partial charge >= 0.3 is 0 Å². The fraction of sp³-hybridized carbons (Fsp3) is 0.600. The Kier molecular flexibility index (Phi) is 6.09. The highest BCUT2D eigenvalue weighted by Crippen LogP contribution is 2.19. The predicted octanol–water partition coefficient (Wildman–Crippen LogP) is 3.60. The van der Waals surface area contributed by atoms with Crippen LogP contribution in [0.15, 0.2) is 24.3 Å². The van der Waals surface area contributed by atoms with Crippen LogP contribution in [0.4, 0.5) is 5.69 Å². The molecule has 0 amide bonds. The molecule has 0 fully saturated rings. The molecular formula is C15H26N2S2. The molecule has 0 saturated carbocycles. The van der Waals surface area contributed by atoms with Crippen molar-refractivity contribution in [3.05, 3.63) is 29.8 Å². The van der Waals surface area contributed by atoms with Gasteiger partial charge in [0.15, 0.2) is 0 Å². The second-order valence-electron chi connectivity index (χ2n) is 6.24. The summed E-state index contributed by atoms with van der Waals surface area (Å²) in [6.45, 7) is 11.0. The molecule has 0 bridgehead atoms. The Hall–Kier alpha value is -0.320. The Balaban J connectivity index is 2.58. The lowest BCUT2D eigenvalue weighted by Crippen LogP contribution is -2.30. The van der Waals surface area contributed by atoms with Gasteiger partial charge in [0.05, 0.1) is 0 Å². The molecule has 0 aliphatic carbocycles. The van der Waals surface area contributed by atoms with Gasteiger partial charge in [0.2, 0.25) is 0 Å². The van der Waals surface area contributed by atoms with Crippen LogP contribution in [0.25, 0.3) is 0 Å². The maximum atomic E-state index is 4.54. The fourth-order valence-electron chi connectivity index (χ4n) is 1.66. The lowest BCUT2D eigenvalue weighted by atomic mass is 10.1. The number of benzene rings is 1. The highest BCUT2D eigenvalue weighted by Gasteiger charge is 2.13. The average Bonchev–Trinajstić information content (AvgIpc) is 2.25. The summed E-state index contributed by atoms with van der Waals surface area (Å²) in [5.74, 6) is 0. The summed E-state index contributed by atoms with van der Waals surface area (Å²) < 4.78 is -0.0108. The second kappa shape index (κ2) is 6.91. The maximum absolute atomic E-state index is 4.54. The second-order valence-corrected chi connectivity index (χ2v) is 8.66. The predicted molar refractivity (Wildman–Crippen MR) is 92.8 cm³/mol. The number of hydrogen-bond donors (Lipinski definition) is 4. The van der Waals surface area contributed by atoms with Gasteiger partial charge in [0.25, 0.3) is 0 Å².